The minimum absolute atomic E-state index is 0. The molecule has 0 nitrogen and oxygen atoms in total. The molecule has 0 saturated carbocycles. The maximum Gasteiger partial charge on any atom is -1.00 e. The summed E-state index contributed by atoms with van der Waals surface area (Å²) >= 11 is -1.78. The van der Waals surface area contributed by atoms with Gasteiger partial charge in [0.25, 0.3) is 0 Å². The quantitative estimate of drug-likeness (QED) is 0.467. The average molecular weight is 611 g/mol. The molecule has 2 aromatic carbocycles. The standard InChI is InChI=1S/2C15H15.C2H6Si.2ClH.Zr/c2*1-2-6-12(7-3-1)14-10-4-8-13-9-5-11-15(13)14;1-3-2;;;/h2*1-3,5-7,9,11,14H,4,8,10H2;1-2H3;2*1H;/q;;;;;+2/p-2. The molecule has 0 fully saturated rings. The van der Waals surface area contributed by atoms with Gasteiger partial charge in [0.1, 0.15) is 0 Å². The van der Waals surface area contributed by atoms with Crippen LogP contribution in [0.15, 0.2) is 107 Å². The summed E-state index contributed by atoms with van der Waals surface area (Å²) in [5, 5.41) is 0. The van der Waals surface area contributed by atoms with Crippen molar-refractivity contribution in [1.82, 2.24) is 0 Å². The zero-order valence-corrected chi connectivity index (χ0v) is 26.4. The van der Waals surface area contributed by atoms with Gasteiger partial charge < -0.3 is 24.8 Å². The zero-order valence-electron chi connectivity index (χ0n) is 21.4. The van der Waals surface area contributed by atoms with Crippen molar-refractivity contribution in [2.24, 2.45) is 0 Å². The Labute approximate surface area is 238 Å². The van der Waals surface area contributed by atoms with E-state index in [1.807, 2.05) is 11.1 Å². The Hall–Kier alpha value is -0.920. The largest absolute Gasteiger partial charge is 1.00 e. The maximum absolute atomic E-state index is 2.71. The molecule has 0 radical (unpaired) electrons. The van der Waals surface area contributed by atoms with Crippen molar-refractivity contribution in [3.8, 4) is 0 Å². The van der Waals surface area contributed by atoms with Crippen LogP contribution >= 0.6 is 0 Å². The number of halogens is 2. The summed E-state index contributed by atoms with van der Waals surface area (Å²) in [5.74, 6) is 1.26. The first-order chi connectivity index (χ1) is 16.7. The Morgan fingerprint density at radius 2 is 1.06 bits per heavy atom. The van der Waals surface area contributed by atoms with E-state index in [1.165, 1.54) is 49.7 Å². The molecule has 4 heteroatoms. The molecule has 0 bridgehead atoms. The fourth-order valence-electron chi connectivity index (χ4n) is 7.25. The maximum atomic E-state index is 2.71. The van der Waals surface area contributed by atoms with Gasteiger partial charge in [-0.15, -0.1) is 0 Å². The monoisotopic (exact) mass is 608 g/mol. The van der Waals surface area contributed by atoms with Crippen LogP contribution in [0.2, 0.25) is 20.3 Å². The van der Waals surface area contributed by atoms with E-state index in [9.17, 15) is 0 Å². The molecule has 4 aliphatic rings. The summed E-state index contributed by atoms with van der Waals surface area (Å²) in [7, 11) is 0. The molecule has 0 saturated heterocycles. The van der Waals surface area contributed by atoms with Crippen LogP contribution in [0.5, 0.6) is 0 Å². The smallest absolute Gasteiger partial charge is 1.00 e. The molecule has 186 valence electrons. The van der Waals surface area contributed by atoms with Gasteiger partial charge in [-0.1, -0.05) is 0 Å². The van der Waals surface area contributed by atoms with Crippen molar-refractivity contribution in [2.75, 3.05) is 0 Å². The summed E-state index contributed by atoms with van der Waals surface area (Å²) in [5.41, 5.74) is 9.97. The van der Waals surface area contributed by atoms with Gasteiger partial charge in [0.05, 0.1) is 0 Å². The van der Waals surface area contributed by atoms with E-state index >= 15 is 0 Å². The van der Waals surface area contributed by atoms with Crippen LogP contribution in [0.25, 0.3) is 0 Å². The fraction of sp³-hybridized carbons (Fsp3) is 0.375. The van der Waals surface area contributed by atoms with Crippen molar-refractivity contribution in [3.63, 3.8) is 0 Å². The Morgan fingerprint density at radius 1 is 0.639 bits per heavy atom. The zero-order chi connectivity index (χ0) is 23.1. The van der Waals surface area contributed by atoms with Crippen LogP contribution in [0.3, 0.4) is 0 Å². The summed E-state index contributed by atoms with van der Waals surface area (Å²) in [4.78, 5) is 0. The summed E-state index contributed by atoms with van der Waals surface area (Å²) in [6.07, 6.45) is 18.7. The third kappa shape index (κ3) is 5.18. The molecular weight excluding hydrogens is 575 g/mol. The molecule has 0 amide bonds. The molecule has 2 aromatic rings. The first-order valence-corrected chi connectivity index (χ1v) is 22.3. The average Bonchev–Trinajstić information content (AvgIpc) is 3.50. The predicted octanol–water partition coefficient (Wildman–Crippen LogP) is 3.11. The summed E-state index contributed by atoms with van der Waals surface area (Å²) in [6, 6.07) is 22.7. The van der Waals surface area contributed by atoms with Gasteiger partial charge in [0.15, 0.2) is 0 Å². The second-order valence-electron chi connectivity index (χ2n) is 10.8. The van der Waals surface area contributed by atoms with Crippen molar-refractivity contribution in [3.05, 3.63) is 118 Å². The molecule has 0 aliphatic heterocycles. The number of hydrogen-bond acceptors (Lipinski definition) is 0. The van der Waals surface area contributed by atoms with Crippen LogP contribution in [0.4, 0.5) is 0 Å². The van der Waals surface area contributed by atoms with Crippen molar-refractivity contribution in [1.29, 1.82) is 0 Å². The second-order valence-corrected chi connectivity index (χ2v) is 28.9. The normalized spacial score (nSPS) is 25.9. The Morgan fingerprint density at radius 3 is 1.44 bits per heavy atom. The molecule has 0 heterocycles. The Kier molecular flexibility index (Phi) is 9.59. The molecular formula is C32H36Cl2SiZr. The van der Waals surface area contributed by atoms with E-state index in [2.05, 4.69) is 98.1 Å². The van der Waals surface area contributed by atoms with E-state index in [4.69, 9.17) is 0 Å². The van der Waals surface area contributed by atoms with E-state index in [0.717, 1.165) is 7.25 Å². The third-order valence-corrected chi connectivity index (χ3v) is 28.0. The molecule has 4 atom stereocenters. The van der Waals surface area contributed by atoms with Crippen molar-refractivity contribution >= 4 is 5.43 Å². The molecule has 36 heavy (non-hydrogen) atoms. The van der Waals surface area contributed by atoms with Gasteiger partial charge in [-0.25, -0.2) is 0 Å². The van der Waals surface area contributed by atoms with Crippen LogP contribution < -0.4 is 24.8 Å². The summed E-state index contributed by atoms with van der Waals surface area (Å²) in [6.45, 7) is 5.32. The van der Waals surface area contributed by atoms with Gasteiger partial charge in [-0.05, 0) is 0 Å². The molecule has 0 N–H and O–H groups in total. The Bertz CT molecular complexity index is 1140. The van der Waals surface area contributed by atoms with Crippen LogP contribution in [0, 0.1) is 0 Å². The number of rotatable bonds is 4. The molecule has 0 spiro atoms. The number of hydrogen-bond donors (Lipinski definition) is 0. The minimum Gasteiger partial charge on any atom is -1.00 e. The van der Waals surface area contributed by atoms with E-state index in [-0.39, 0.29) is 30.2 Å². The van der Waals surface area contributed by atoms with Gasteiger partial charge in [0.2, 0.25) is 0 Å². The van der Waals surface area contributed by atoms with Gasteiger partial charge in [0, 0.05) is 0 Å². The molecule has 0 aromatic heterocycles. The van der Waals surface area contributed by atoms with Crippen LogP contribution in [-0.4, -0.2) is 5.43 Å². The van der Waals surface area contributed by atoms with E-state index < -0.39 is 20.4 Å². The molecule has 6 rings (SSSR count). The van der Waals surface area contributed by atoms with E-state index in [0.29, 0.717) is 11.8 Å². The molecule has 4 aliphatic carbocycles. The molecule has 4 unspecified atom stereocenters. The van der Waals surface area contributed by atoms with Crippen molar-refractivity contribution in [2.45, 2.75) is 70.7 Å². The third-order valence-electron chi connectivity index (χ3n) is 8.71. The summed E-state index contributed by atoms with van der Waals surface area (Å²) < 4.78 is 1.68. The first-order valence-electron chi connectivity index (χ1n) is 13.3. The SMILES string of the molecule is C[Si](C)=[Zr+2]([CH]1C=CC2=C1CCCC2c1ccccc1)[CH]1C=CC2=C1CCCC2c1ccccc1.[Cl-].[Cl-]. The fourth-order valence-corrected chi connectivity index (χ4v) is 26.7. The topological polar surface area (TPSA) is 0 Å². The second kappa shape index (κ2) is 12.3. The first kappa shape index (κ1) is 28.1. The van der Waals surface area contributed by atoms with Crippen molar-refractivity contribution < 1.29 is 45.2 Å². The minimum atomic E-state index is -1.78. The number of allylic oxidation sites excluding steroid dienone is 8. The van der Waals surface area contributed by atoms with E-state index in [1.54, 1.807) is 11.1 Å². The van der Waals surface area contributed by atoms with Gasteiger partial charge in [-0.2, -0.15) is 0 Å². The number of benzene rings is 2. The predicted molar refractivity (Wildman–Crippen MR) is 143 cm³/mol. The van der Waals surface area contributed by atoms with Crippen LogP contribution in [0.1, 0.15) is 61.5 Å². The Balaban J connectivity index is 0.00000152. The van der Waals surface area contributed by atoms with Crippen LogP contribution in [-0.2, 0) is 20.4 Å². The van der Waals surface area contributed by atoms with Gasteiger partial charge >= 0.3 is 215 Å². The van der Waals surface area contributed by atoms with Gasteiger partial charge in [-0.3, -0.25) is 0 Å².